The Kier molecular flexibility index (Phi) is 5.03. The number of thiophene rings is 1. The lowest BCUT2D eigenvalue weighted by molar-refractivity contribution is 1.21. The Morgan fingerprint density at radius 2 is 1.15 bits per heavy atom. The van der Waals surface area contributed by atoms with E-state index in [9.17, 15) is 0 Å². The van der Waals surface area contributed by atoms with Gasteiger partial charge in [-0.2, -0.15) is 0 Å². The fraction of sp³-hybridized carbons (Fsp3) is 0. The number of hydrogen-bond donors (Lipinski definition) is 0. The number of nitrogens with zero attached hydrogens (tertiary/aromatic N) is 1. The average Bonchev–Trinajstić information content (AvgIpc) is 3.40. The third-order valence-electron chi connectivity index (χ3n) is 6.47. The lowest BCUT2D eigenvalue weighted by Gasteiger charge is -2.18. The molecule has 0 aliphatic rings. The van der Waals surface area contributed by atoms with Crippen molar-refractivity contribution in [1.29, 1.82) is 0 Å². The molecule has 6 aromatic rings. The van der Waals surface area contributed by atoms with Crippen LogP contribution in [0.5, 0.6) is 0 Å². The monoisotopic (exact) mass is 497 g/mol. The molecule has 142 valence electrons. The summed E-state index contributed by atoms with van der Waals surface area (Å²) in [7, 11) is 45.2. The molecule has 0 aliphatic carbocycles. The number of hydrogen-bond acceptors (Lipinski definition) is 1. The largest absolute Gasteiger partial charge is 0.310 e. The molecular weight excluding hydrogens is 490 g/mol. The minimum Gasteiger partial charge on any atom is -0.310 e. The van der Waals surface area contributed by atoms with Gasteiger partial charge in [0.1, 0.15) is 54.9 Å². The Balaban J connectivity index is 1.99. The molecule has 1 nitrogen and oxygen atoms in total. The summed E-state index contributed by atoms with van der Waals surface area (Å²) in [5, 5.41) is 3.36. The predicted octanol–water partition coefficient (Wildman–Crippen LogP) is -0.529. The van der Waals surface area contributed by atoms with Crippen molar-refractivity contribution >= 4 is 162 Å². The number of fused-ring (bicyclic) bond motifs is 6. The fourth-order valence-corrected chi connectivity index (χ4v) is 6.38. The maximum absolute atomic E-state index is 6.63. The highest BCUT2D eigenvalue weighted by Gasteiger charge is 2.24. The average molecular weight is 497 g/mol. The van der Waals surface area contributed by atoms with Crippen LogP contribution in [0.2, 0.25) is 0 Å². The van der Waals surface area contributed by atoms with Crippen LogP contribution in [0.1, 0.15) is 0 Å². The van der Waals surface area contributed by atoms with E-state index in [0.717, 1.165) is 25.9 Å². The van der Waals surface area contributed by atoms with Crippen molar-refractivity contribution in [2.24, 2.45) is 0 Å². The molecule has 6 rings (SSSR count). The normalized spacial score (nSPS) is 11.9. The molecule has 0 spiro atoms. The Bertz CT molecular complexity index is 1780. The van der Waals surface area contributed by atoms with E-state index in [1.165, 1.54) is 0 Å². The summed E-state index contributed by atoms with van der Waals surface area (Å²) in [5.41, 5.74) is 4.10. The SMILES string of the molecule is [B]c1c([B])c([B])c2c(c1[B])c1c([B])c(Br)c([B])c([B])c1n2-c1cccc2sc3ccccc3c12. The maximum Gasteiger partial charge on any atom is 0.116 e. The second-order valence-electron chi connectivity index (χ2n) is 8.24. The van der Waals surface area contributed by atoms with E-state index in [0.29, 0.717) is 48.1 Å². The van der Waals surface area contributed by atoms with E-state index in [1.54, 1.807) is 11.3 Å². The van der Waals surface area contributed by atoms with Gasteiger partial charge in [-0.25, -0.2) is 0 Å². The molecule has 0 bridgehead atoms. The van der Waals surface area contributed by atoms with Crippen molar-refractivity contribution in [3.05, 3.63) is 46.9 Å². The van der Waals surface area contributed by atoms with Gasteiger partial charge in [-0.05, 0) is 23.6 Å². The standard InChI is InChI=1S/C24H7B7BrNS/c25-15-13-14-16(26)22(32)19(29)21(31)24(14)33(23(13)20(30)18(28)17(15)27)9-5-3-7-11-12(9)8-4-1-2-6-10(8)34-11/h1-7H. The summed E-state index contributed by atoms with van der Waals surface area (Å²) in [6.07, 6.45) is 0. The Morgan fingerprint density at radius 3 is 1.88 bits per heavy atom. The second kappa shape index (κ2) is 7.67. The molecule has 0 amide bonds. The van der Waals surface area contributed by atoms with Crippen molar-refractivity contribution in [2.75, 3.05) is 0 Å². The van der Waals surface area contributed by atoms with E-state index in [-0.39, 0.29) is 16.4 Å². The number of benzene rings is 4. The van der Waals surface area contributed by atoms with E-state index < -0.39 is 0 Å². The summed E-state index contributed by atoms with van der Waals surface area (Å²) in [4.78, 5) is 0. The van der Waals surface area contributed by atoms with Crippen molar-refractivity contribution in [2.45, 2.75) is 0 Å². The Hall–Kier alpha value is -2.17. The molecule has 2 heterocycles. The van der Waals surface area contributed by atoms with Crippen molar-refractivity contribution < 1.29 is 0 Å². The lowest BCUT2D eigenvalue weighted by atomic mass is 9.65. The molecule has 0 atom stereocenters. The first kappa shape index (κ1) is 22.3. The van der Waals surface area contributed by atoms with E-state index in [2.05, 4.69) is 34.1 Å². The highest BCUT2D eigenvalue weighted by Crippen LogP contribution is 2.39. The summed E-state index contributed by atoms with van der Waals surface area (Å²) in [6.45, 7) is 0. The molecule has 10 heteroatoms. The van der Waals surface area contributed by atoms with Crippen LogP contribution in [0.4, 0.5) is 0 Å². The first-order valence-corrected chi connectivity index (χ1v) is 12.0. The Labute approximate surface area is 218 Å². The first-order valence-electron chi connectivity index (χ1n) is 10.4. The fourth-order valence-electron chi connectivity index (χ4n) is 4.84. The Morgan fingerprint density at radius 1 is 0.559 bits per heavy atom. The highest BCUT2D eigenvalue weighted by atomic mass is 79.9. The van der Waals surface area contributed by atoms with Gasteiger partial charge in [0.15, 0.2) is 0 Å². The molecule has 14 radical (unpaired) electrons. The van der Waals surface area contributed by atoms with Crippen LogP contribution in [0.25, 0.3) is 47.7 Å². The molecule has 4 aromatic carbocycles. The molecular formula is C24H7B7BrNS. The molecule has 0 saturated carbocycles. The van der Waals surface area contributed by atoms with Gasteiger partial charge < -0.3 is 4.57 Å². The molecule has 0 fully saturated rings. The zero-order chi connectivity index (χ0) is 24.0. The van der Waals surface area contributed by atoms with Gasteiger partial charge in [0.25, 0.3) is 0 Å². The van der Waals surface area contributed by atoms with Crippen molar-refractivity contribution in [3.8, 4) is 5.69 Å². The van der Waals surface area contributed by atoms with Crippen molar-refractivity contribution in [3.63, 3.8) is 0 Å². The van der Waals surface area contributed by atoms with Gasteiger partial charge in [0.05, 0.1) is 5.69 Å². The van der Waals surface area contributed by atoms with Crippen molar-refractivity contribution in [1.82, 2.24) is 4.57 Å². The molecule has 2 aromatic heterocycles. The summed E-state index contributed by atoms with van der Waals surface area (Å²) >= 11 is 5.19. The van der Waals surface area contributed by atoms with Gasteiger partial charge in [0, 0.05) is 41.1 Å². The van der Waals surface area contributed by atoms with Crippen LogP contribution in [-0.4, -0.2) is 59.5 Å². The van der Waals surface area contributed by atoms with Crippen LogP contribution < -0.4 is 38.2 Å². The quantitative estimate of drug-likeness (QED) is 0.270. The van der Waals surface area contributed by atoms with E-state index in [4.69, 9.17) is 54.9 Å². The van der Waals surface area contributed by atoms with Crippen LogP contribution in [0.3, 0.4) is 0 Å². The molecule has 0 N–H and O–H groups in total. The van der Waals surface area contributed by atoms with Crippen LogP contribution in [0, 0.1) is 0 Å². The first-order chi connectivity index (χ1) is 16.2. The predicted molar refractivity (Wildman–Crippen MR) is 159 cm³/mol. The summed E-state index contributed by atoms with van der Waals surface area (Å²) in [6, 6.07) is 14.3. The second-order valence-corrected chi connectivity index (χ2v) is 10.1. The summed E-state index contributed by atoms with van der Waals surface area (Å²) < 4.78 is 4.73. The minimum absolute atomic E-state index is 0.203. The van der Waals surface area contributed by atoms with Gasteiger partial charge >= 0.3 is 0 Å². The van der Waals surface area contributed by atoms with Gasteiger partial charge in [0.2, 0.25) is 0 Å². The number of rotatable bonds is 1. The molecule has 0 saturated heterocycles. The highest BCUT2D eigenvalue weighted by molar-refractivity contribution is 9.10. The smallest absolute Gasteiger partial charge is 0.116 e. The van der Waals surface area contributed by atoms with Gasteiger partial charge in [-0.3, -0.25) is 0 Å². The molecule has 34 heavy (non-hydrogen) atoms. The molecule has 0 unspecified atom stereocenters. The third-order valence-corrected chi connectivity index (χ3v) is 8.47. The van der Waals surface area contributed by atoms with Crippen LogP contribution in [0.15, 0.2) is 46.9 Å². The maximum atomic E-state index is 6.63. The minimum atomic E-state index is 0.203. The van der Waals surface area contributed by atoms with Crippen LogP contribution >= 0.6 is 27.3 Å². The van der Waals surface area contributed by atoms with Gasteiger partial charge in [-0.15, -0.1) is 22.3 Å². The zero-order valence-corrected chi connectivity index (χ0v) is 20.2. The van der Waals surface area contributed by atoms with Crippen LogP contribution in [-0.2, 0) is 0 Å². The zero-order valence-electron chi connectivity index (χ0n) is 17.8. The van der Waals surface area contributed by atoms with Gasteiger partial charge in [-0.1, -0.05) is 67.5 Å². The lowest BCUT2D eigenvalue weighted by Crippen LogP contribution is -2.48. The number of halogens is 1. The number of aromatic nitrogens is 1. The molecule has 0 aliphatic heterocycles. The van der Waals surface area contributed by atoms with E-state index >= 15 is 0 Å². The van der Waals surface area contributed by atoms with E-state index in [1.807, 2.05) is 28.8 Å². The topological polar surface area (TPSA) is 4.93 Å². The summed E-state index contributed by atoms with van der Waals surface area (Å²) in [5.74, 6) is 0. The third kappa shape index (κ3) is 2.76.